The Morgan fingerprint density at radius 3 is 2.78 bits per heavy atom. The Balaban J connectivity index is 2.10. The number of amides is 1. The molecule has 0 aromatic heterocycles. The number of benzene rings is 1. The summed E-state index contributed by atoms with van der Waals surface area (Å²) in [5, 5.41) is 6.10. The average molecular weight is 250 g/mol. The molecule has 1 fully saturated rings. The van der Waals surface area contributed by atoms with Crippen molar-refractivity contribution in [3.8, 4) is 0 Å². The number of carbonyl (C=O) groups excluding carboxylic acids is 1. The lowest BCUT2D eigenvalue weighted by Gasteiger charge is -2.35. The van der Waals surface area contributed by atoms with Gasteiger partial charge in [0.25, 0.3) is 0 Å². The molecule has 0 saturated carbocycles. The van der Waals surface area contributed by atoms with Crippen LogP contribution in [0.2, 0.25) is 0 Å². The number of piperidine rings is 1. The van der Waals surface area contributed by atoms with Crippen molar-refractivity contribution < 1.29 is 9.18 Å². The molecule has 1 aliphatic heterocycles. The largest absolute Gasteiger partial charge is 0.326 e. The molecule has 0 bridgehead atoms. The maximum Gasteiger partial charge on any atom is 0.230 e. The van der Waals surface area contributed by atoms with Crippen LogP contribution in [0, 0.1) is 11.2 Å². The summed E-state index contributed by atoms with van der Waals surface area (Å²) in [6, 6.07) is 6.04. The molecule has 3 nitrogen and oxygen atoms in total. The first-order chi connectivity index (χ1) is 8.66. The molecule has 0 unspecified atom stereocenters. The number of rotatable bonds is 3. The normalized spacial score (nSPS) is 18.3. The Bertz CT molecular complexity index is 428. The average Bonchev–Trinajstić information content (AvgIpc) is 2.39. The van der Waals surface area contributed by atoms with E-state index in [-0.39, 0.29) is 17.1 Å². The first kappa shape index (κ1) is 13.0. The van der Waals surface area contributed by atoms with Crippen LogP contribution >= 0.6 is 0 Å². The molecule has 0 aliphatic carbocycles. The quantitative estimate of drug-likeness (QED) is 0.865. The molecule has 1 saturated heterocycles. The third-order valence-electron chi connectivity index (χ3n) is 3.80. The van der Waals surface area contributed by atoms with E-state index in [1.54, 1.807) is 12.1 Å². The molecular formula is C14H19FN2O. The zero-order chi connectivity index (χ0) is 13.0. The fourth-order valence-corrected chi connectivity index (χ4v) is 2.48. The smallest absolute Gasteiger partial charge is 0.230 e. The van der Waals surface area contributed by atoms with Gasteiger partial charge in [0.05, 0.1) is 5.41 Å². The Kier molecular flexibility index (Phi) is 3.97. The molecule has 2 rings (SSSR count). The third-order valence-corrected chi connectivity index (χ3v) is 3.80. The van der Waals surface area contributed by atoms with Crippen molar-refractivity contribution in [1.82, 2.24) is 5.32 Å². The van der Waals surface area contributed by atoms with Crippen molar-refractivity contribution in [2.24, 2.45) is 5.41 Å². The number of hydrogen-bond acceptors (Lipinski definition) is 2. The highest BCUT2D eigenvalue weighted by atomic mass is 19.1. The molecule has 18 heavy (non-hydrogen) atoms. The number of nitrogens with one attached hydrogen (secondary N) is 2. The lowest BCUT2D eigenvalue weighted by molar-refractivity contribution is -0.127. The van der Waals surface area contributed by atoms with E-state index in [1.165, 1.54) is 12.1 Å². The van der Waals surface area contributed by atoms with Gasteiger partial charge in [0.1, 0.15) is 5.82 Å². The van der Waals surface area contributed by atoms with Crippen molar-refractivity contribution >= 4 is 11.6 Å². The fourth-order valence-electron chi connectivity index (χ4n) is 2.48. The van der Waals surface area contributed by atoms with Crippen LogP contribution < -0.4 is 10.6 Å². The van der Waals surface area contributed by atoms with Gasteiger partial charge in [-0.05, 0) is 50.6 Å². The topological polar surface area (TPSA) is 41.1 Å². The van der Waals surface area contributed by atoms with Crippen LogP contribution in [-0.4, -0.2) is 19.0 Å². The summed E-state index contributed by atoms with van der Waals surface area (Å²) in [7, 11) is 0. The SMILES string of the molecule is CCC1(C(=O)Nc2cccc(F)c2)CCNCC1. The Hall–Kier alpha value is -1.42. The van der Waals surface area contributed by atoms with Crippen molar-refractivity contribution in [2.75, 3.05) is 18.4 Å². The van der Waals surface area contributed by atoms with E-state index in [0.717, 1.165) is 32.4 Å². The van der Waals surface area contributed by atoms with Crippen molar-refractivity contribution in [3.05, 3.63) is 30.1 Å². The number of anilines is 1. The van der Waals surface area contributed by atoms with Crippen molar-refractivity contribution in [3.63, 3.8) is 0 Å². The van der Waals surface area contributed by atoms with E-state index in [0.29, 0.717) is 5.69 Å². The lowest BCUT2D eigenvalue weighted by Crippen LogP contribution is -2.44. The molecule has 1 heterocycles. The molecule has 0 radical (unpaired) electrons. The van der Waals surface area contributed by atoms with Crippen LogP contribution in [0.25, 0.3) is 0 Å². The first-order valence-corrected chi connectivity index (χ1v) is 6.44. The van der Waals surface area contributed by atoms with E-state index < -0.39 is 0 Å². The van der Waals surface area contributed by atoms with Gasteiger partial charge < -0.3 is 10.6 Å². The zero-order valence-electron chi connectivity index (χ0n) is 10.6. The van der Waals surface area contributed by atoms with Crippen LogP contribution in [0.1, 0.15) is 26.2 Å². The van der Waals surface area contributed by atoms with E-state index in [2.05, 4.69) is 10.6 Å². The van der Waals surface area contributed by atoms with Gasteiger partial charge in [0.2, 0.25) is 5.91 Å². The minimum absolute atomic E-state index is 0.0112. The standard InChI is InChI=1S/C14H19FN2O/c1-2-14(6-8-16-9-7-14)13(18)17-12-5-3-4-11(15)10-12/h3-5,10,16H,2,6-9H2,1H3,(H,17,18). The summed E-state index contributed by atoms with van der Waals surface area (Å²) in [5.41, 5.74) is 0.226. The molecule has 0 spiro atoms. The first-order valence-electron chi connectivity index (χ1n) is 6.44. The van der Waals surface area contributed by atoms with Crippen molar-refractivity contribution in [1.29, 1.82) is 0 Å². The fraction of sp³-hybridized carbons (Fsp3) is 0.500. The molecule has 1 amide bonds. The van der Waals surface area contributed by atoms with Crippen LogP contribution in [-0.2, 0) is 4.79 Å². The second-order valence-electron chi connectivity index (χ2n) is 4.85. The Morgan fingerprint density at radius 2 is 2.17 bits per heavy atom. The molecular weight excluding hydrogens is 231 g/mol. The van der Waals surface area contributed by atoms with E-state index >= 15 is 0 Å². The van der Waals surface area contributed by atoms with Crippen LogP contribution in [0.3, 0.4) is 0 Å². The second kappa shape index (κ2) is 5.48. The van der Waals surface area contributed by atoms with Gasteiger partial charge in [-0.2, -0.15) is 0 Å². The van der Waals surface area contributed by atoms with E-state index in [1.807, 2.05) is 6.92 Å². The van der Waals surface area contributed by atoms with E-state index in [4.69, 9.17) is 0 Å². The second-order valence-corrected chi connectivity index (χ2v) is 4.85. The van der Waals surface area contributed by atoms with Crippen molar-refractivity contribution in [2.45, 2.75) is 26.2 Å². The minimum atomic E-state index is -0.330. The number of carbonyl (C=O) groups is 1. The van der Waals surface area contributed by atoms with Crippen LogP contribution in [0.4, 0.5) is 10.1 Å². The predicted molar refractivity (Wildman–Crippen MR) is 69.9 cm³/mol. The number of halogens is 1. The summed E-state index contributed by atoms with van der Waals surface area (Å²) in [4.78, 5) is 12.4. The summed E-state index contributed by atoms with van der Waals surface area (Å²) in [6.45, 7) is 3.77. The number of hydrogen-bond donors (Lipinski definition) is 2. The summed E-state index contributed by atoms with van der Waals surface area (Å²) < 4.78 is 13.1. The van der Waals surface area contributed by atoms with Gasteiger partial charge in [-0.3, -0.25) is 4.79 Å². The van der Waals surface area contributed by atoms with Gasteiger partial charge in [-0.15, -0.1) is 0 Å². The monoisotopic (exact) mass is 250 g/mol. The summed E-state index contributed by atoms with van der Waals surface area (Å²) >= 11 is 0. The molecule has 98 valence electrons. The maximum absolute atomic E-state index is 13.1. The van der Waals surface area contributed by atoms with Crippen LogP contribution in [0.15, 0.2) is 24.3 Å². The Morgan fingerprint density at radius 1 is 1.44 bits per heavy atom. The zero-order valence-corrected chi connectivity index (χ0v) is 10.6. The molecule has 1 aromatic rings. The van der Waals surface area contributed by atoms with Gasteiger partial charge in [-0.25, -0.2) is 4.39 Å². The van der Waals surface area contributed by atoms with Gasteiger partial charge in [-0.1, -0.05) is 13.0 Å². The summed E-state index contributed by atoms with van der Waals surface area (Å²) in [6.07, 6.45) is 2.49. The summed E-state index contributed by atoms with van der Waals surface area (Å²) in [5.74, 6) is -0.319. The highest BCUT2D eigenvalue weighted by molar-refractivity contribution is 5.95. The van der Waals surface area contributed by atoms with Gasteiger partial charge >= 0.3 is 0 Å². The lowest BCUT2D eigenvalue weighted by atomic mass is 9.76. The molecule has 2 N–H and O–H groups in total. The van der Waals surface area contributed by atoms with Gasteiger partial charge in [0, 0.05) is 5.69 Å². The molecule has 1 aromatic carbocycles. The molecule has 4 heteroatoms. The highest BCUT2D eigenvalue weighted by Gasteiger charge is 2.37. The third kappa shape index (κ3) is 2.70. The van der Waals surface area contributed by atoms with Crippen LogP contribution in [0.5, 0.6) is 0 Å². The minimum Gasteiger partial charge on any atom is -0.326 e. The molecule has 1 aliphatic rings. The van der Waals surface area contributed by atoms with Gasteiger partial charge in [0.15, 0.2) is 0 Å². The predicted octanol–water partition coefficient (Wildman–Crippen LogP) is 2.54. The van der Waals surface area contributed by atoms with E-state index in [9.17, 15) is 9.18 Å². The highest BCUT2D eigenvalue weighted by Crippen LogP contribution is 2.33. The Labute approximate surface area is 107 Å². The maximum atomic E-state index is 13.1. The molecule has 0 atom stereocenters.